The number of hydrogen-bond acceptors (Lipinski definition) is 3. The van der Waals surface area contributed by atoms with Gasteiger partial charge in [0, 0.05) is 31.3 Å². The van der Waals surface area contributed by atoms with E-state index in [-0.39, 0.29) is 0 Å². The molecule has 0 bridgehead atoms. The molecule has 2 rings (SSSR count). The van der Waals surface area contributed by atoms with E-state index < -0.39 is 0 Å². The Kier molecular flexibility index (Phi) is 4.83. The molecule has 1 aliphatic heterocycles. The van der Waals surface area contributed by atoms with Crippen molar-refractivity contribution in [3.8, 4) is 0 Å². The van der Waals surface area contributed by atoms with Gasteiger partial charge in [0.15, 0.2) is 0 Å². The van der Waals surface area contributed by atoms with E-state index in [2.05, 4.69) is 31.1 Å². The summed E-state index contributed by atoms with van der Waals surface area (Å²) in [6, 6.07) is 2.18. The van der Waals surface area contributed by atoms with Crippen LogP contribution < -0.4 is 5.32 Å². The lowest BCUT2D eigenvalue weighted by Gasteiger charge is -2.47. The van der Waals surface area contributed by atoms with E-state index in [0.29, 0.717) is 6.04 Å². The zero-order chi connectivity index (χ0) is 12.3. The average Bonchev–Trinajstić information content (AvgIpc) is 2.28. The lowest BCUT2D eigenvalue weighted by molar-refractivity contribution is -0.00883. The summed E-state index contributed by atoms with van der Waals surface area (Å²) in [5.41, 5.74) is 0. The second-order valence-corrected chi connectivity index (χ2v) is 5.98. The molecule has 3 heteroatoms. The Bertz CT molecular complexity index is 226. The Morgan fingerprint density at radius 1 is 1.18 bits per heavy atom. The molecule has 17 heavy (non-hydrogen) atoms. The molecule has 0 radical (unpaired) electrons. The van der Waals surface area contributed by atoms with Gasteiger partial charge in [-0.1, -0.05) is 13.8 Å². The summed E-state index contributed by atoms with van der Waals surface area (Å²) in [5.74, 6) is 0.866. The van der Waals surface area contributed by atoms with Crippen molar-refractivity contribution < 1.29 is 4.74 Å². The molecule has 100 valence electrons. The maximum Gasteiger partial charge on any atom is 0.0480 e. The van der Waals surface area contributed by atoms with Crippen LogP contribution in [-0.2, 0) is 4.74 Å². The Labute approximate surface area is 106 Å². The third-order valence-electron chi connectivity index (χ3n) is 4.46. The predicted octanol–water partition coefficient (Wildman–Crippen LogP) is 1.87. The van der Waals surface area contributed by atoms with Crippen LogP contribution in [0.15, 0.2) is 0 Å². The highest BCUT2D eigenvalue weighted by atomic mass is 16.5. The van der Waals surface area contributed by atoms with Gasteiger partial charge < -0.3 is 10.1 Å². The van der Waals surface area contributed by atoms with Crippen LogP contribution in [0.1, 0.15) is 39.5 Å². The Morgan fingerprint density at radius 3 is 2.41 bits per heavy atom. The summed E-state index contributed by atoms with van der Waals surface area (Å²) in [7, 11) is 2.32. The summed E-state index contributed by atoms with van der Waals surface area (Å²) in [4.78, 5) is 2.64. The molecule has 1 N–H and O–H groups in total. The van der Waals surface area contributed by atoms with Crippen molar-refractivity contribution in [3.05, 3.63) is 0 Å². The first-order valence-electron chi connectivity index (χ1n) is 7.21. The molecule has 0 aromatic carbocycles. The number of rotatable bonds is 5. The molecule has 1 saturated carbocycles. The number of nitrogens with zero attached hydrogens (tertiary/aromatic N) is 1. The summed E-state index contributed by atoms with van der Waals surface area (Å²) in [6.45, 7) is 7.56. The molecule has 0 amide bonds. The van der Waals surface area contributed by atoms with Gasteiger partial charge in [-0.3, -0.25) is 4.90 Å². The van der Waals surface area contributed by atoms with Gasteiger partial charge in [0.05, 0.1) is 0 Å². The van der Waals surface area contributed by atoms with Crippen LogP contribution in [0, 0.1) is 5.92 Å². The first-order valence-corrected chi connectivity index (χ1v) is 7.21. The lowest BCUT2D eigenvalue weighted by atomic mass is 9.77. The van der Waals surface area contributed by atoms with E-state index in [1.54, 1.807) is 0 Å². The monoisotopic (exact) mass is 240 g/mol. The fourth-order valence-corrected chi connectivity index (χ4v) is 3.08. The minimum atomic E-state index is 0.615. The van der Waals surface area contributed by atoms with Crippen LogP contribution in [0.2, 0.25) is 0 Å². The van der Waals surface area contributed by atoms with E-state index in [9.17, 15) is 0 Å². The van der Waals surface area contributed by atoms with Gasteiger partial charge in [-0.05, 0) is 45.2 Å². The summed E-state index contributed by atoms with van der Waals surface area (Å²) >= 11 is 0. The van der Waals surface area contributed by atoms with Gasteiger partial charge in [-0.2, -0.15) is 0 Å². The molecule has 0 aromatic heterocycles. The van der Waals surface area contributed by atoms with Crippen molar-refractivity contribution in [2.24, 2.45) is 5.92 Å². The molecule has 2 atom stereocenters. The van der Waals surface area contributed by atoms with E-state index in [0.717, 1.165) is 31.2 Å². The van der Waals surface area contributed by atoms with E-state index in [4.69, 9.17) is 4.74 Å². The normalized spacial score (nSPS) is 30.9. The van der Waals surface area contributed by atoms with Crippen molar-refractivity contribution in [2.45, 2.75) is 57.7 Å². The minimum absolute atomic E-state index is 0.615. The van der Waals surface area contributed by atoms with Crippen LogP contribution in [0.25, 0.3) is 0 Å². The van der Waals surface area contributed by atoms with E-state index in [1.807, 2.05) is 0 Å². The quantitative estimate of drug-likeness (QED) is 0.794. The smallest absolute Gasteiger partial charge is 0.0480 e. The van der Waals surface area contributed by atoms with Crippen molar-refractivity contribution in [3.63, 3.8) is 0 Å². The van der Waals surface area contributed by atoms with Crippen molar-refractivity contribution in [2.75, 3.05) is 26.8 Å². The number of ether oxygens (including phenoxy) is 1. The third kappa shape index (κ3) is 3.43. The molecule has 2 unspecified atom stereocenters. The second kappa shape index (κ2) is 6.17. The van der Waals surface area contributed by atoms with Crippen LogP contribution in [0.5, 0.6) is 0 Å². The predicted molar refractivity (Wildman–Crippen MR) is 71.3 cm³/mol. The fourth-order valence-electron chi connectivity index (χ4n) is 3.08. The van der Waals surface area contributed by atoms with E-state index >= 15 is 0 Å². The molecular weight excluding hydrogens is 212 g/mol. The topological polar surface area (TPSA) is 24.5 Å². The molecule has 0 aromatic rings. The van der Waals surface area contributed by atoms with E-state index in [1.165, 1.54) is 32.2 Å². The molecule has 2 fully saturated rings. The van der Waals surface area contributed by atoms with Gasteiger partial charge in [0.2, 0.25) is 0 Å². The molecule has 3 nitrogen and oxygen atoms in total. The second-order valence-electron chi connectivity index (χ2n) is 5.98. The highest BCUT2D eigenvalue weighted by Gasteiger charge is 2.36. The Balaban J connectivity index is 1.76. The zero-order valence-electron chi connectivity index (χ0n) is 11.6. The fraction of sp³-hybridized carbons (Fsp3) is 1.00. The largest absolute Gasteiger partial charge is 0.381 e. The first kappa shape index (κ1) is 13.3. The zero-order valence-corrected chi connectivity index (χ0v) is 11.6. The number of hydrogen-bond donors (Lipinski definition) is 1. The molecule has 2 aliphatic rings. The maximum atomic E-state index is 5.45. The standard InChI is InChI=1S/C14H28N2O/c1-11(2)15-10-12-4-5-14(12)16(3)13-6-8-17-9-7-13/h11-15H,4-10H2,1-3H3. The maximum absolute atomic E-state index is 5.45. The van der Waals surface area contributed by atoms with Crippen molar-refractivity contribution in [1.29, 1.82) is 0 Å². The first-order chi connectivity index (χ1) is 8.18. The van der Waals surface area contributed by atoms with Crippen LogP contribution >= 0.6 is 0 Å². The molecule has 0 spiro atoms. The van der Waals surface area contributed by atoms with Gasteiger partial charge in [0.1, 0.15) is 0 Å². The van der Waals surface area contributed by atoms with Gasteiger partial charge in [0.25, 0.3) is 0 Å². The Morgan fingerprint density at radius 2 is 1.88 bits per heavy atom. The summed E-state index contributed by atoms with van der Waals surface area (Å²) in [6.07, 6.45) is 5.23. The molecule has 1 saturated heterocycles. The lowest BCUT2D eigenvalue weighted by Crippen LogP contribution is -2.54. The summed E-state index contributed by atoms with van der Waals surface area (Å²) < 4.78 is 5.45. The highest BCUT2D eigenvalue weighted by molar-refractivity contribution is 4.92. The van der Waals surface area contributed by atoms with Gasteiger partial charge >= 0.3 is 0 Å². The van der Waals surface area contributed by atoms with Crippen LogP contribution in [0.3, 0.4) is 0 Å². The minimum Gasteiger partial charge on any atom is -0.381 e. The van der Waals surface area contributed by atoms with Gasteiger partial charge in [-0.25, -0.2) is 0 Å². The molecule has 1 heterocycles. The highest BCUT2D eigenvalue weighted by Crippen LogP contribution is 2.33. The van der Waals surface area contributed by atoms with Gasteiger partial charge in [-0.15, -0.1) is 0 Å². The Hall–Kier alpha value is -0.120. The van der Waals surface area contributed by atoms with Crippen LogP contribution in [0.4, 0.5) is 0 Å². The number of nitrogens with one attached hydrogen (secondary N) is 1. The third-order valence-corrected chi connectivity index (χ3v) is 4.46. The summed E-state index contributed by atoms with van der Waals surface area (Å²) in [5, 5.41) is 3.58. The SMILES string of the molecule is CC(C)NCC1CCC1N(C)C1CCOCC1. The van der Waals surface area contributed by atoms with Crippen molar-refractivity contribution >= 4 is 0 Å². The molecule has 1 aliphatic carbocycles. The molecular formula is C14H28N2O. The van der Waals surface area contributed by atoms with Crippen LogP contribution in [-0.4, -0.2) is 49.8 Å². The van der Waals surface area contributed by atoms with Crippen molar-refractivity contribution in [1.82, 2.24) is 10.2 Å². The average molecular weight is 240 g/mol.